The van der Waals surface area contributed by atoms with Crippen LogP contribution in [0.3, 0.4) is 0 Å². The Morgan fingerprint density at radius 1 is 1.04 bits per heavy atom. The molecule has 6 nitrogen and oxygen atoms in total. The number of rotatable bonds is 6. The molecule has 0 bridgehead atoms. The van der Waals surface area contributed by atoms with E-state index in [9.17, 15) is 9.59 Å². The fourth-order valence-electron chi connectivity index (χ4n) is 3.02. The van der Waals surface area contributed by atoms with Crippen molar-refractivity contribution in [1.29, 1.82) is 0 Å². The molecular formula is C20H22N2O4. The van der Waals surface area contributed by atoms with Crippen molar-refractivity contribution < 1.29 is 19.1 Å². The molecule has 0 radical (unpaired) electrons. The van der Waals surface area contributed by atoms with Gasteiger partial charge in [-0.15, -0.1) is 0 Å². The highest BCUT2D eigenvalue weighted by Gasteiger charge is 2.31. The normalized spacial score (nSPS) is 16.5. The number of hydrogen-bond acceptors (Lipinski definition) is 4. The summed E-state index contributed by atoms with van der Waals surface area (Å²) in [5.41, 5.74) is 1.71. The van der Waals surface area contributed by atoms with Gasteiger partial charge in [0.25, 0.3) is 0 Å². The number of hydrogen-bond donors (Lipinski definition) is 1. The third kappa shape index (κ3) is 4.14. The summed E-state index contributed by atoms with van der Waals surface area (Å²) in [6.45, 7) is 0.472. The van der Waals surface area contributed by atoms with Crippen molar-refractivity contribution in [1.82, 2.24) is 5.32 Å². The van der Waals surface area contributed by atoms with E-state index in [2.05, 4.69) is 5.32 Å². The van der Waals surface area contributed by atoms with E-state index in [1.54, 1.807) is 19.1 Å². The maximum absolute atomic E-state index is 12.3. The van der Waals surface area contributed by atoms with Gasteiger partial charge in [-0.1, -0.05) is 12.1 Å². The lowest BCUT2D eigenvalue weighted by molar-refractivity contribution is -0.121. The van der Waals surface area contributed by atoms with Crippen molar-refractivity contribution in [2.24, 2.45) is 0 Å². The number of nitrogens with zero attached hydrogens (tertiary/aromatic N) is 1. The first kappa shape index (κ1) is 17.8. The van der Waals surface area contributed by atoms with Gasteiger partial charge in [-0.05, 0) is 42.0 Å². The largest absolute Gasteiger partial charge is 0.497 e. The molecule has 1 saturated heterocycles. The van der Waals surface area contributed by atoms with E-state index in [1.807, 2.05) is 48.5 Å². The molecule has 1 aliphatic heterocycles. The predicted molar refractivity (Wildman–Crippen MR) is 98.6 cm³/mol. The Balaban J connectivity index is 1.56. The number of amides is 2. The molecule has 0 saturated carbocycles. The molecule has 26 heavy (non-hydrogen) atoms. The Bertz CT molecular complexity index is 771. The second-order valence-electron chi connectivity index (χ2n) is 6.20. The maximum Gasteiger partial charge on any atom is 0.229 e. The quantitative estimate of drug-likeness (QED) is 0.863. The topological polar surface area (TPSA) is 67.9 Å². The molecule has 1 unspecified atom stereocenters. The van der Waals surface area contributed by atoms with Crippen LogP contribution in [0.1, 0.15) is 12.0 Å². The number of anilines is 1. The van der Waals surface area contributed by atoms with Gasteiger partial charge in [0.05, 0.1) is 26.7 Å². The van der Waals surface area contributed by atoms with Gasteiger partial charge < -0.3 is 19.7 Å². The smallest absolute Gasteiger partial charge is 0.229 e. The average molecular weight is 354 g/mol. The minimum Gasteiger partial charge on any atom is -0.497 e. The van der Waals surface area contributed by atoms with Crippen molar-refractivity contribution in [2.75, 3.05) is 25.7 Å². The SMILES string of the molecule is COc1ccc(CC(=O)NC2CC(=O)N(c3ccc(OC)cc3)C2)cc1. The Labute approximate surface area is 152 Å². The number of nitrogens with one attached hydrogen (secondary N) is 1. The van der Waals surface area contributed by atoms with Gasteiger partial charge in [0.15, 0.2) is 0 Å². The highest BCUT2D eigenvalue weighted by atomic mass is 16.5. The van der Waals surface area contributed by atoms with E-state index < -0.39 is 0 Å². The summed E-state index contributed by atoms with van der Waals surface area (Å²) >= 11 is 0. The molecule has 1 N–H and O–H groups in total. The first-order chi connectivity index (χ1) is 12.6. The zero-order valence-electron chi connectivity index (χ0n) is 14.9. The summed E-state index contributed by atoms with van der Waals surface area (Å²) in [7, 11) is 3.21. The number of benzene rings is 2. The fraction of sp³-hybridized carbons (Fsp3) is 0.300. The van der Waals surface area contributed by atoms with Crippen LogP contribution in [-0.2, 0) is 16.0 Å². The van der Waals surface area contributed by atoms with Crippen LogP contribution in [0.25, 0.3) is 0 Å². The van der Waals surface area contributed by atoms with Gasteiger partial charge in [0.2, 0.25) is 11.8 Å². The molecule has 1 aliphatic rings. The maximum atomic E-state index is 12.3. The van der Waals surface area contributed by atoms with E-state index in [0.717, 1.165) is 22.7 Å². The Morgan fingerprint density at radius 3 is 2.19 bits per heavy atom. The lowest BCUT2D eigenvalue weighted by Crippen LogP contribution is -2.38. The molecule has 1 atom stereocenters. The first-order valence-electron chi connectivity index (χ1n) is 8.46. The van der Waals surface area contributed by atoms with Crippen LogP contribution in [0.5, 0.6) is 11.5 Å². The summed E-state index contributed by atoms with van der Waals surface area (Å²) in [5, 5.41) is 2.95. The Kier molecular flexibility index (Phi) is 5.41. The number of ether oxygens (including phenoxy) is 2. The van der Waals surface area contributed by atoms with Gasteiger partial charge in [-0.3, -0.25) is 9.59 Å². The molecule has 3 rings (SSSR count). The summed E-state index contributed by atoms with van der Waals surface area (Å²) in [6.07, 6.45) is 0.581. The van der Waals surface area contributed by atoms with Crippen molar-refractivity contribution in [3.63, 3.8) is 0 Å². The summed E-state index contributed by atoms with van der Waals surface area (Å²) in [5.74, 6) is 1.41. The van der Waals surface area contributed by atoms with E-state index in [0.29, 0.717) is 13.0 Å². The lowest BCUT2D eigenvalue weighted by Gasteiger charge is -2.17. The van der Waals surface area contributed by atoms with Crippen molar-refractivity contribution in [3.05, 3.63) is 54.1 Å². The van der Waals surface area contributed by atoms with Crippen LogP contribution >= 0.6 is 0 Å². The van der Waals surface area contributed by atoms with E-state index in [-0.39, 0.29) is 24.3 Å². The van der Waals surface area contributed by atoms with Gasteiger partial charge in [-0.2, -0.15) is 0 Å². The van der Waals surface area contributed by atoms with Crippen molar-refractivity contribution >= 4 is 17.5 Å². The summed E-state index contributed by atoms with van der Waals surface area (Å²) in [6, 6.07) is 14.5. The van der Waals surface area contributed by atoms with Gasteiger partial charge in [0, 0.05) is 18.7 Å². The highest BCUT2D eigenvalue weighted by molar-refractivity contribution is 5.97. The summed E-state index contributed by atoms with van der Waals surface area (Å²) < 4.78 is 10.2. The molecule has 1 heterocycles. The van der Waals surface area contributed by atoms with E-state index >= 15 is 0 Å². The molecule has 2 aromatic rings. The molecule has 0 spiro atoms. The second-order valence-corrected chi connectivity index (χ2v) is 6.20. The van der Waals surface area contributed by atoms with Crippen molar-refractivity contribution in [2.45, 2.75) is 18.9 Å². The monoisotopic (exact) mass is 354 g/mol. The van der Waals surface area contributed by atoms with Crippen LogP contribution in [0, 0.1) is 0 Å². The van der Waals surface area contributed by atoms with Gasteiger partial charge in [-0.25, -0.2) is 0 Å². The fourth-order valence-corrected chi connectivity index (χ4v) is 3.02. The Morgan fingerprint density at radius 2 is 1.62 bits per heavy atom. The molecular weight excluding hydrogens is 332 g/mol. The number of carbonyl (C=O) groups is 2. The standard InChI is InChI=1S/C20H22N2O4/c1-25-17-7-3-14(4-8-17)11-19(23)21-15-12-20(24)22(13-15)16-5-9-18(26-2)10-6-16/h3-10,15H,11-13H2,1-2H3,(H,21,23). The van der Waals surface area contributed by atoms with Crippen LogP contribution in [0.4, 0.5) is 5.69 Å². The zero-order chi connectivity index (χ0) is 18.5. The lowest BCUT2D eigenvalue weighted by atomic mass is 10.1. The molecule has 6 heteroatoms. The van der Waals surface area contributed by atoms with Crippen LogP contribution < -0.4 is 19.7 Å². The highest BCUT2D eigenvalue weighted by Crippen LogP contribution is 2.24. The van der Waals surface area contributed by atoms with Crippen molar-refractivity contribution in [3.8, 4) is 11.5 Å². The van der Waals surface area contributed by atoms with Gasteiger partial charge >= 0.3 is 0 Å². The molecule has 2 aromatic carbocycles. The number of methoxy groups -OCH3 is 2. The third-order valence-corrected chi connectivity index (χ3v) is 4.40. The zero-order valence-corrected chi connectivity index (χ0v) is 14.9. The third-order valence-electron chi connectivity index (χ3n) is 4.40. The van der Waals surface area contributed by atoms with Crippen LogP contribution in [-0.4, -0.2) is 38.6 Å². The molecule has 0 aliphatic carbocycles. The minimum absolute atomic E-state index is 0.00455. The van der Waals surface area contributed by atoms with Gasteiger partial charge in [0.1, 0.15) is 11.5 Å². The summed E-state index contributed by atoms with van der Waals surface area (Å²) in [4.78, 5) is 26.2. The average Bonchev–Trinajstić information content (AvgIpc) is 3.02. The minimum atomic E-state index is -0.185. The number of carbonyl (C=O) groups excluding carboxylic acids is 2. The predicted octanol–water partition coefficient (Wildman–Crippen LogP) is 2.17. The van der Waals surface area contributed by atoms with E-state index in [4.69, 9.17) is 9.47 Å². The second kappa shape index (κ2) is 7.91. The van der Waals surface area contributed by atoms with Crippen LogP contribution in [0.2, 0.25) is 0 Å². The molecule has 0 aromatic heterocycles. The molecule has 136 valence electrons. The molecule has 2 amide bonds. The first-order valence-corrected chi connectivity index (χ1v) is 8.46. The molecule has 1 fully saturated rings. The Hall–Kier alpha value is -3.02. The van der Waals surface area contributed by atoms with Crippen LogP contribution in [0.15, 0.2) is 48.5 Å². The van der Waals surface area contributed by atoms with E-state index in [1.165, 1.54) is 0 Å².